The van der Waals surface area contributed by atoms with Gasteiger partial charge in [-0.1, -0.05) is 0 Å². The maximum atomic E-state index is 11.1. The van der Waals surface area contributed by atoms with Crippen LogP contribution in [0.1, 0.15) is 12.8 Å². The van der Waals surface area contributed by atoms with Crippen LogP contribution in [0, 0.1) is 11.8 Å². The van der Waals surface area contributed by atoms with Gasteiger partial charge in [0.25, 0.3) is 0 Å². The van der Waals surface area contributed by atoms with Gasteiger partial charge in [0.1, 0.15) is 0 Å². The van der Waals surface area contributed by atoms with Crippen molar-refractivity contribution in [2.75, 3.05) is 13.7 Å². The Kier molecular flexibility index (Phi) is 1.60. The molecule has 0 aromatic carbocycles. The normalized spacial score (nSPS) is 36.1. The van der Waals surface area contributed by atoms with Gasteiger partial charge in [-0.3, -0.25) is 4.79 Å². The zero-order chi connectivity index (χ0) is 7.84. The maximum absolute atomic E-state index is 11.1. The molecule has 11 heavy (non-hydrogen) atoms. The lowest BCUT2D eigenvalue weighted by molar-refractivity contribution is -0.149. The number of nitrogens with one attached hydrogen (secondary N) is 1. The fourth-order valence-corrected chi connectivity index (χ4v) is 1.70. The minimum Gasteiger partial charge on any atom is -0.469 e. The molecule has 0 aromatic heterocycles. The summed E-state index contributed by atoms with van der Waals surface area (Å²) in [5.41, 5.74) is 0. The summed E-state index contributed by atoms with van der Waals surface area (Å²) in [6, 6.07) is 0.433. The molecule has 1 saturated carbocycles. The number of esters is 1. The number of methoxy groups -OCH3 is 1. The van der Waals surface area contributed by atoms with Gasteiger partial charge in [-0.15, -0.1) is 0 Å². The van der Waals surface area contributed by atoms with Crippen molar-refractivity contribution in [3.05, 3.63) is 0 Å². The van der Waals surface area contributed by atoms with Crippen molar-refractivity contribution in [2.45, 2.75) is 18.9 Å². The lowest BCUT2D eigenvalue weighted by Crippen LogP contribution is -2.57. The van der Waals surface area contributed by atoms with Gasteiger partial charge in [-0.25, -0.2) is 0 Å². The van der Waals surface area contributed by atoms with Gasteiger partial charge >= 0.3 is 5.97 Å². The Morgan fingerprint density at radius 3 is 2.64 bits per heavy atom. The van der Waals surface area contributed by atoms with E-state index in [1.54, 1.807) is 0 Å². The van der Waals surface area contributed by atoms with E-state index in [2.05, 4.69) is 10.1 Å². The highest BCUT2D eigenvalue weighted by Crippen LogP contribution is 2.39. The summed E-state index contributed by atoms with van der Waals surface area (Å²) in [7, 11) is 1.46. The van der Waals surface area contributed by atoms with E-state index in [4.69, 9.17) is 0 Å². The number of rotatable bonds is 2. The number of hydrogen-bond donors (Lipinski definition) is 1. The first-order valence-corrected chi connectivity index (χ1v) is 4.14. The predicted molar refractivity (Wildman–Crippen MR) is 40.0 cm³/mol. The highest BCUT2D eigenvalue weighted by molar-refractivity contribution is 5.74. The molecule has 2 unspecified atom stereocenters. The molecule has 1 aliphatic heterocycles. The molecular weight excluding hydrogens is 142 g/mol. The average Bonchev–Trinajstić information content (AvgIpc) is 2.69. The number of hydrogen-bond acceptors (Lipinski definition) is 3. The third-order valence-corrected chi connectivity index (χ3v) is 2.64. The van der Waals surface area contributed by atoms with E-state index in [1.807, 2.05) is 0 Å². The summed E-state index contributed by atoms with van der Waals surface area (Å²) in [5, 5.41) is 3.27. The van der Waals surface area contributed by atoms with Crippen LogP contribution < -0.4 is 5.32 Å². The number of carbonyl (C=O) groups is 1. The average molecular weight is 155 g/mol. The fraction of sp³-hybridized carbons (Fsp3) is 0.875. The molecule has 0 amide bonds. The molecule has 3 heteroatoms. The molecule has 1 heterocycles. The van der Waals surface area contributed by atoms with Gasteiger partial charge in [0.05, 0.1) is 13.0 Å². The number of ether oxygens (including phenoxy) is 1. The third-order valence-electron chi connectivity index (χ3n) is 2.64. The molecular formula is C8H13NO2. The van der Waals surface area contributed by atoms with Crippen LogP contribution in [0.25, 0.3) is 0 Å². The van der Waals surface area contributed by atoms with Crippen molar-refractivity contribution in [1.29, 1.82) is 0 Å². The van der Waals surface area contributed by atoms with Crippen molar-refractivity contribution in [2.24, 2.45) is 11.8 Å². The minimum absolute atomic E-state index is 0.0411. The van der Waals surface area contributed by atoms with Crippen LogP contribution in [0.3, 0.4) is 0 Å². The monoisotopic (exact) mass is 155 g/mol. The van der Waals surface area contributed by atoms with Crippen LogP contribution in [0.2, 0.25) is 0 Å². The van der Waals surface area contributed by atoms with Crippen molar-refractivity contribution in [3.63, 3.8) is 0 Å². The minimum atomic E-state index is -0.0411. The van der Waals surface area contributed by atoms with E-state index >= 15 is 0 Å². The zero-order valence-corrected chi connectivity index (χ0v) is 6.67. The summed E-state index contributed by atoms with van der Waals surface area (Å²) in [6.45, 7) is 0.813. The van der Waals surface area contributed by atoms with E-state index in [-0.39, 0.29) is 11.9 Å². The second-order valence-electron chi connectivity index (χ2n) is 3.40. The third kappa shape index (κ3) is 1.13. The Balaban J connectivity index is 1.89. The first-order valence-electron chi connectivity index (χ1n) is 4.14. The molecule has 1 saturated heterocycles. The molecule has 2 aliphatic rings. The van der Waals surface area contributed by atoms with Crippen LogP contribution in [-0.2, 0) is 9.53 Å². The van der Waals surface area contributed by atoms with E-state index in [0.29, 0.717) is 6.04 Å². The predicted octanol–water partition coefficient (Wildman–Crippen LogP) is 0.157. The lowest BCUT2D eigenvalue weighted by atomic mass is 9.88. The largest absolute Gasteiger partial charge is 0.469 e. The number of carbonyl (C=O) groups excluding carboxylic acids is 1. The van der Waals surface area contributed by atoms with Crippen LogP contribution in [0.15, 0.2) is 0 Å². The molecule has 2 rings (SSSR count). The Morgan fingerprint density at radius 2 is 2.27 bits per heavy atom. The molecule has 0 bridgehead atoms. The highest BCUT2D eigenvalue weighted by Gasteiger charge is 2.45. The Hall–Kier alpha value is -0.570. The lowest BCUT2D eigenvalue weighted by Gasteiger charge is -2.36. The molecule has 3 nitrogen and oxygen atoms in total. The molecule has 1 aliphatic carbocycles. The molecule has 2 fully saturated rings. The second kappa shape index (κ2) is 2.48. The van der Waals surface area contributed by atoms with Gasteiger partial charge in [-0.05, 0) is 18.8 Å². The summed E-state index contributed by atoms with van der Waals surface area (Å²) >= 11 is 0. The van der Waals surface area contributed by atoms with Crippen molar-refractivity contribution < 1.29 is 9.53 Å². The second-order valence-corrected chi connectivity index (χ2v) is 3.40. The summed E-state index contributed by atoms with van der Waals surface area (Å²) in [6.07, 6.45) is 2.57. The van der Waals surface area contributed by atoms with E-state index in [0.717, 1.165) is 12.5 Å². The fourth-order valence-electron chi connectivity index (χ4n) is 1.70. The van der Waals surface area contributed by atoms with Gasteiger partial charge in [-0.2, -0.15) is 0 Å². The highest BCUT2D eigenvalue weighted by atomic mass is 16.5. The first kappa shape index (κ1) is 7.10. The Labute approximate surface area is 66.1 Å². The standard InChI is InChI=1S/C8H13NO2/c1-11-8(10)6-4-9-7(6)5-2-3-5/h5-7,9H,2-4H2,1H3. The van der Waals surface area contributed by atoms with Crippen molar-refractivity contribution in [1.82, 2.24) is 5.32 Å². The van der Waals surface area contributed by atoms with E-state index in [9.17, 15) is 4.79 Å². The molecule has 62 valence electrons. The Morgan fingerprint density at radius 1 is 1.55 bits per heavy atom. The SMILES string of the molecule is COC(=O)C1CNC1C1CC1. The quantitative estimate of drug-likeness (QED) is 0.577. The summed E-state index contributed by atoms with van der Waals surface area (Å²) in [4.78, 5) is 11.1. The first-order chi connectivity index (χ1) is 5.33. The maximum Gasteiger partial charge on any atom is 0.311 e. The topological polar surface area (TPSA) is 38.3 Å². The smallest absolute Gasteiger partial charge is 0.311 e. The summed E-state index contributed by atoms with van der Waals surface area (Å²) < 4.78 is 4.68. The molecule has 0 aromatic rings. The van der Waals surface area contributed by atoms with Gasteiger partial charge in [0, 0.05) is 12.6 Å². The molecule has 1 N–H and O–H groups in total. The molecule has 0 radical (unpaired) electrons. The van der Waals surface area contributed by atoms with Gasteiger partial charge in [0.15, 0.2) is 0 Å². The molecule has 0 spiro atoms. The van der Waals surface area contributed by atoms with Crippen LogP contribution in [0.4, 0.5) is 0 Å². The van der Waals surface area contributed by atoms with Crippen LogP contribution >= 0.6 is 0 Å². The van der Waals surface area contributed by atoms with Crippen LogP contribution in [0.5, 0.6) is 0 Å². The zero-order valence-electron chi connectivity index (χ0n) is 6.67. The molecule has 2 atom stereocenters. The van der Waals surface area contributed by atoms with E-state index < -0.39 is 0 Å². The van der Waals surface area contributed by atoms with Gasteiger partial charge in [0.2, 0.25) is 0 Å². The van der Waals surface area contributed by atoms with Gasteiger partial charge < -0.3 is 10.1 Å². The van der Waals surface area contributed by atoms with E-state index in [1.165, 1.54) is 20.0 Å². The van der Waals surface area contributed by atoms with Crippen molar-refractivity contribution in [3.8, 4) is 0 Å². The Bertz CT molecular complexity index is 177. The van der Waals surface area contributed by atoms with Crippen molar-refractivity contribution >= 4 is 5.97 Å². The summed E-state index contributed by atoms with van der Waals surface area (Å²) in [5.74, 6) is 0.862. The van der Waals surface area contributed by atoms with Crippen LogP contribution in [-0.4, -0.2) is 25.7 Å².